The fourth-order valence-corrected chi connectivity index (χ4v) is 3.96. The summed E-state index contributed by atoms with van der Waals surface area (Å²) >= 11 is 8.12. The van der Waals surface area contributed by atoms with Gasteiger partial charge in [0, 0.05) is 18.0 Å². The normalized spacial score (nSPS) is 17.9. The van der Waals surface area contributed by atoms with Gasteiger partial charge in [-0.15, -0.1) is 11.3 Å². The number of rotatable bonds is 4. The number of pyridine rings is 1. The highest BCUT2D eigenvalue weighted by Crippen LogP contribution is 2.35. The number of nitrogens with one attached hydrogen (secondary N) is 1. The van der Waals surface area contributed by atoms with Crippen LogP contribution in [0.15, 0.2) is 23.6 Å². The summed E-state index contributed by atoms with van der Waals surface area (Å²) in [6.45, 7) is 6.99. The van der Waals surface area contributed by atoms with Gasteiger partial charge in [-0.1, -0.05) is 18.5 Å². The minimum absolute atomic E-state index is 0.376. The topological polar surface area (TPSA) is 28.2 Å². The Morgan fingerprint density at radius 3 is 3.10 bits per heavy atom. The number of fused-ring (bicyclic) bond motifs is 1. The Balaban J connectivity index is 1.87. The molecule has 0 spiro atoms. The van der Waals surface area contributed by atoms with Gasteiger partial charge in [-0.3, -0.25) is 0 Å². The number of nitrogens with zero attached hydrogens (tertiary/aromatic N) is 2. The highest BCUT2D eigenvalue weighted by Gasteiger charge is 2.25. The van der Waals surface area contributed by atoms with Crippen LogP contribution in [-0.4, -0.2) is 18.1 Å². The molecule has 0 saturated carbocycles. The second-order valence-electron chi connectivity index (χ2n) is 5.30. The fraction of sp³-hybridized carbons (Fsp3) is 0.438. The molecule has 2 aromatic rings. The molecule has 21 heavy (non-hydrogen) atoms. The van der Waals surface area contributed by atoms with Crippen LogP contribution in [0.5, 0.6) is 0 Å². The maximum Gasteiger partial charge on any atom is 0.129 e. The lowest BCUT2D eigenvalue weighted by Gasteiger charge is -2.35. The molecule has 0 saturated heterocycles. The molecular formula is C16H20ClN3S. The van der Waals surface area contributed by atoms with Crippen molar-refractivity contribution in [2.75, 3.05) is 18.0 Å². The summed E-state index contributed by atoms with van der Waals surface area (Å²) in [5.41, 5.74) is 2.37. The minimum atomic E-state index is 0.376. The van der Waals surface area contributed by atoms with Gasteiger partial charge in [0.15, 0.2) is 0 Å². The van der Waals surface area contributed by atoms with Crippen LogP contribution >= 0.6 is 22.9 Å². The number of halogens is 1. The molecule has 2 aromatic heterocycles. The molecule has 0 bridgehead atoms. The number of anilines is 1. The average Bonchev–Trinajstić information content (AvgIpc) is 2.97. The van der Waals surface area contributed by atoms with E-state index in [1.165, 1.54) is 10.4 Å². The first-order chi connectivity index (χ1) is 10.2. The third kappa shape index (κ3) is 2.93. The number of thiophene rings is 1. The fourth-order valence-electron chi connectivity index (χ4n) is 2.82. The molecule has 1 unspecified atom stereocenters. The van der Waals surface area contributed by atoms with E-state index in [2.05, 4.69) is 35.5 Å². The van der Waals surface area contributed by atoms with Crippen LogP contribution in [0.1, 0.15) is 36.0 Å². The Hall–Kier alpha value is -1.10. The molecule has 1 N–H and O–H groups in total. The predicted molar refractivity (Wildman–Crippen MR) is 90.4 cm³/mol. The van der Waals surface area contributed by atoms with Crippen molar-refractivity contribution in [3.63, 3.8) is 0 Å². The lowest BCUT2D eigenvalue weighted by Crippen LogP contribution is -2.34. The van der Waals surface area contributed by atoms with E-state index in [9.17, 15) is 0 Å². The van der Waals surface area contributed by atoms with Crippen molar-refractivity contribution in [3.05, 3.63) is 44.7 Å². The van der Waals surface area contributed by atoms with Crippen LogP contribution in [0.3, 0.4) is 0 Å². The summed E-state index contributed by atoms with van der Waals surface area (Å²) in [5.74, 6) is 1.02. The van der Waals surface area contributed by atoms with Gasteiger partial charge < -0.3 is 10.2 Å². The van der Waals surface area contributed by atoms with Gasteiger partial charge in [0.1, 0.15) is 5.82 Å². The van der Waals surface area contributed by atoms with Crippen molar-refractivity contribution in [3.8, 4) is 0 Å². The largest absolute Gasteiger partial charge is 0.349 e. The third-order valence-corrected chi connectivity index (χ3v) is 5.36. The molecule has 0 fully saturated rings. The van der Waals surface area contributed by atoms with E-state index in [4.69, 9.17) is 16.6 Å². The van der Waals surface area contributed by atoms with Crippen molar-refractivity contribution in [1.82, 2.24) is 10.3 Å². The van der Waals surface area contributed by atoms with Crippen LogP contribution < -0.4 is 10.2 Å². The van der Waals surface area contributed by atoms with Gasteiger partial charge in [-0.2, -0.15) is 0 Å². The lowest BCUT2D eigenvalue weighted by molar-refractivity contribution is 0.621. The maximum atomic E-state index is 6.25. The molecule has 0 aliphatic carbocycles. The van der Waals surface area contributed by atoms with Gasteiger partial charge in [0.05, 0.1) is 16.8 Å². The summed E-state index contributed by atoms with van der Waals surface area (Å²) in [5, 5.41) is 6.22. The highest BCUT2D eigenvalue weighted by atomic mass is 35.5. The second kappa shape index (κ2) is 6.34. The van der Waals surface area contributed by atoms with Crippen molar-refractivity contribution >= 4 is 28.8 Å². The van der Waals surface area contributed by atoms with E-state index < -0.39 is 0 Å². The zero-order valence-corrected chi connectivity index (χ0v) is 14.0. The summed E-state index contributed by atoms with van der Waals surface area (Å²) in [4.78, 5) is 8.67. The average molecular weight is 322 g/mol. The molecule has 3 rings (SSSR count). The maximum absolute atomic E-state index is 6.25. The zero-order valence-electron chi connectivity index (χ0n) is 12.4. The lowest BCUT2D eigenvalue weighted by atomic mass is 10.0. The number of aromatic nitrogens is 1. The molecule has 0 amide bonds. The molecule has 5 heteroatoms. The minimum Gasteiger partial charge on any atom is -0.349 e. The molecule has 3 nitrogen and oxygen atoms in total. The van der Waals surface area contributed by atoms with E-state index in [1.54, 1.807) is 0 Å². The standard InChI is InChI=1S/C16H20ClN3S/c1-3-18-10-14-13(17)4-5-16(19-14)20-8-6-15-12(11(20)2)7-9-21-15/h4-5,7,9,11,18H,3,6,8,10H2,1-2H3. The van der Waals surface area contributed by atoms with Gasteiger partial charge in [-0.25, -0.2) is 4.98 Å². The van der Waals surface area contributed by atoms with Crippen LogP contribution in [0, 0.1) is 0 Å². The molecule has 112 valence electrons. The number of hydrogen-bond acceptors (Lipinski definition) is 4. The van der Waals surface area contributed by atoms with E-state index in [-0.39, 0.29) is 0 Å². The Bertz CT molecular complexity index is 626. The summed E-state index contributed by atoms with van der Waals surface area (Å²) in [7, 11) is 0. The van der Waals surface area contributed by atoms with E-state index in [0.29, 0.717) is 6.04 Å². The monoisotopic (exact) mass is 321 g/mol. The second-order valence-corrected chi connectivity index (χ2v) is 6.70. The number of hydrogen-bond donors (Lipinski definition) is 1. The smallest absolute Gasteiger partial charge is 0.129 e. The van der Waals surface area contributed by atoms with Crippen LogP contribution in [-0.2, 0) is 13.0 Å². The van der Waals surface area contributed by atoms with Crippen molar-refractivity contribution in [2.45, 2.75) is 32.9 Å². The van der Waals surface area contributed by atoms with Crippen molar-refractivity contribution < 1.29 is 0 Å². The van der Waals surface area contributed by atoms with Crippen LogP contribution in [0.4, 0.5) is 5.82 Å². The molecule has 1 aliphatic heterocycles. The first-order valence-electron chi connectivity index (χ1n) is 7.39. The SMILES string of the molecule is CCNCc1nc(N2CCc3sccc3C2C)ccc1Cl. The Labute approximate surface area is 135 Å². The first-order valence-corrected chi connectivity index (χ1v) is 8.65. The van der Waals surface area contributed by atoms with Gasteiger partial charge >= 0.3 is 0 Å². The van der Waals surface area contributed by atoms with E-state index >= 15 is 0 Å². The van der Waals surface area contributed by atoms with Crippen LogP contribution in [0.25, 0.3) is 0 Å². The Kier molecular flexibility index (Phi) is 4.48. The molecule has 0 aromatic carbocycles. The van der Waals surface area contributed by atoms with E-state index in [1.807, 2.05) is 23.5 Å². The molecular weight excluding hydrogens is 302 g/mol. The Morgan fingerprint density at radius 1 is 1.43 bits per heavy atom. The van der Waals surface area contributed by atoms with Crippen molar-refractivity contribution in [1.29, 1.82) is 0 Å². The van der Waals surface area contributed by atoms with Gasteiger partial charge in [-0.05, 0) is 49.0 Å². The summed E-state index contributed by atoms with van der Waals surface area (Å²) in [6.07, 6.45) is 1.10. The third-order valence-electron chi connectivity index (χ3n) is 4.02. The molecule has 1 aliphatic rings. The van der Waals surface area contributed by atoms with Crippen LogP contribution in [0.2, 0.25) is 5.02 Å². The summed E-state index contributed by atoms with van der Waals surface area (Å²) < 4.78 is 0. The van der Waals surface area contributed by atoms with Gasteiger partial charge in [0.2, 0.25) is 0 Å². The molecule has 0 radical (unpaired) electrons. The zero-order chi connectivity index (χ0) is 14.8. The summed E-state index contributed by atoms with van der Waals surface area (Å²) in [6, 6.07) is 6.62. The quantitative estimate of drug-likeness (QED) is 0.921. The molecule has 1 atom stereocenters. The first kappa shape index (κ1) is 14.8. The van der Waals surface area contributed by atoms with E-state index in [0.717, 1.165) is 42.6 Å². The Morgan fingerprint density at radius 2 is 2.29 bits per heavy atom. The predicted octanol–water partition coefficient (Wildman–Crippen LogP) is 4.03. The molecule has 3 heterocycles. The highest BCUT2D eigenvalue weighted by molar-refractivity contribution is 7.10. The van der Waals surface area contributed by atoms with Crippen molar-refractivity contribution in [2.24, 2.45) is 0 Å². The van der Waals surface area contributed by atoms with Gasteiger partial charge in [0.25, 0.3) is 0 Å².